The van der Waals surface area contributed by atoms with Crippen molar-refractivity contribution in [1.29, 1.82) is 0 Å². The van der Waals surface area contributed by atoms with Crippen LogP contribution in [0.4, 0.5) is 5.13 Å². The highest BCUT2D eigenvalue weighted by atomic mass is 35.5. The quantitative estimate of drug-likeness (QED) is 0.362. The van der Waals surface area contributed by atoms with E-state index >= 15 is 0 Å². The second-order valence-electron chi connectivity index (χ2n) is 6.47. The first kappa shape index (κ1) is 17.8. The number of furan rings is 1. The highest BCUT2D eigenvalue weighted by Crippen LogP contribution is 2.33. The predicted octanol–water partition coefficient (Wildman–Crippen LogP) is 5.94. The van der Waals surface area contributed by atoms with Crippen molar-refractivity contribution in [1.82, 2.24) is 9.97 Å². The summed E-state index contributed by atoms with van der Waals surface area (Å²) in [5.74, 6) is -0.00331. The van der Waals surface area contributed by atoms with Crippen LogP contribution in [0.15, 0.2) is 77.3 Å². The summed E-state index contributed by atoms with van der Waals surface area (Å²) < 4.78 is 6.72. The molecule has 0 aliphatic heterocycles. The zero-order chi connectivity index (χ0) is 19.8. The van der Waals surface area contributed by atoms with Crippen LogP contribution in [0, 0.1) is 0 Å². The van der Waals surface area contributed by atoms with Crippen molar-refractivity contribution in [3.05, 3.63) is 89.4 Å². The van der Waals surface area contributed by atoms with Crippen molar-refractivity contribution in [2.24, 2.45) is 0 Å². The Morgan fingerprint density at radius 1 is 1.07 bits per heavy atom. The van der Waals surface area contributed by atoms with Crippen LogP contribution in [0.2, 0.25) is 5.02 Å². The van der Waals surface area contributed by atoms with Crippen LogP contribution in [0.5, 0.6) is 0 Å². The maximum atomic E-state index is 13.4. The number of pyridine rings is 1. The minimum Gasteiger partial charge on any atom is -0.451 e. The summed E-state index contributed by atoms with van der Waals surface area (Å²) in [6.07, 6.45) is 1.71. The van der Waals surface area contributed by atoms with Crippen LogP contribution in [0.25, 0.3) is 21.2 Å². The number of thiazole rings is 1. The van der Waals surface area contributed by atoms with Gasteiger partial charge < -0.3 is 4.42 Å². The second-order valence-corrected chi connectivity index (χ2v) is 7.91. The number of fused-ring (bicyclic) bond motifs is 2. The third-order valence-electron chi connectivity index (χ3n) is 4.50. The smallest absolute Gasteiger partial charge is 0.296 e. The molecule has 1 amide bonds. The molecule has 3 heterocycles. The van der Waals surface area contributed by atoms with E-state index in [0.29, 0.717) is 15.7 Å². The molecule has 0 aliphatic rings. The Morgan fingerprint density at radius 3 is 2.76 bits per heavy atom. The second kappa shape index (κ2) is 7.31. The molecular weight excluding hydrogens is 406 g/mol. The number of amides is 1. The zero-order valence-electron chi connectivity index (χ0n) is 15.1. The Morgan fingerprint density at radius 2 is 1.93 bits per heavy atom. The van der Waals surface area contributed by atoms with E-state index in [-0.39, 0.29) is 18.2 Å². The fraction of sp³-hybridized carbons (Fsp3) is 0.0455. The number of halogens is 1. The van der Waals surface area contributed by atoms with Crippen LogP contribution in [-0.2, 0) is 6.54 Å². The molecule has 5 nitrogen and oxygen atoms in total. The van der Waals surface area contributed by atoms with Gasteiger partial charge >= 0.3 is 0 Å². The summed E-state index contributed by atoms with van der Waals surface area (Å²) in [7, 11) is 0. The van der Waals surface area contributed by atoms with Gasteiger partial charge in [0, 0.05) is 16.6 Å². The molecule has 0 saturated heterocycles. The van der Waals surface area contributed by atoms with Gasteiger partial charge in [-0.3, -0.25) is 14.7 Å². The monoisotopic (exact) mass is 419 g/mol. The standard InChI is InChI=1S/C22H14ClN3O2S/c23-15-8-9-17-20(12-15)29-22(25-17)26(13-16-6-3-4-10-24-16)21(27)19-11-14-5-1-2-7-18(14)28-19/h1-12H,13H2. The average Bonchev–Trinajstić information content (AvgIpc) is 3.36. The number of anilines is 1. The molecule has 0 bridgehead atoms. The molecule has 0 fully saturated rings. The van der Waals surface area contributed by atoms with Crippen molar-refractivity contribution in [3.63, 3.8) is 0 Å². The molecule has 5 aromatic rings. The molecular formula is C22H14ClN3O2S. The lowest BCUT2D eigenvalue weighted by Gasteiger charge is -2.18. The zero-order valence-corrected chi connectivity index (χ0v) is 16.7. The first-order chi connectivity index (χ1) is 14.2. The molecule has 2 aromatic carbocycles. The lowest BCUT2D eigenvalue weighted by molar-refractivity contribution is 0.0960. The topological polar surface area (TPSA) is 59.2 Å². The average molecular weight is 420 g/mol. The predicted molar refractivity (Wildman–Crippen MR) is 116 cm³/mol. The van der Waals surface area contributed by atoms with Gasteiger partial charge in [0.2, 0.25) is 0 Å². The van der Waals surface area contributed by atoms with Crippen molar-refractivity contribution >= 4 is 55.2 Å². The number of rotatable bonds is 4. The number of nitrogens with zero attached hydrogens (tertiary/aromatic N) is 3. The van der Waals surface area contributed by atoms with Gasteiger partial charge in [0.05, 0.1) is 22.5 Å². The van der Waals surface area contributed by atoms with E-state index in [2.05, 4.69) is 9.97 Å². The van der Waals surface area contributed by atoms with E-state index < -0.39 is 0 Å². The van der Waals surface area contributed by atoms with E-state index in [1.807, 2.05) is 54.6 Å². The van der Waals surface area contributed by atoms with Crippen molar-refractivity contribution in [2.75, 3.05) is 4.90 Å². The molecule has 0 unspecified atom stereocenters. The fourth-order valence-corrected chi connectivity index (χ4v) is 4.34. The van der Waals surface area contributed by atoms with E-state index in [1.165, 1.54) is 11.3 Å². The van der Waals surface area contributed by atoms with Gasteiger partial charge in [-0.15, -0.1) is 0 Å². The SMILES string of the molecule is O=C(c1cc2ccccc2o1)N(Cc1ccccn1)c1nc2ccc(Cl)cc2s1. The molecule has 0 radical (unpaired) electrons. The number of hydrogen-bond acceptors (Lipinski definition) is 5. The molecule has 0 aliphatic carbocycles. The van der Waals surface area contributed by atoms with Gasteiger partial charge in [0.25, 0.3) is 5.91 Å². The fourth-order valence-electron chi connectivity index (χ4n) is 3.10. The number of benzene rings is 2. The highest BCUT2D eigenvalue weighted by Gasteiger charge is 2.25. The Kier molecular flexibility index (Phi) is 4.50. The summed E-state index contributed by atoms with van der Waals surface area (Å²) in [4.78, 5) is 24.0. The molecule has 0 N–H and O–H groups in total. The van der Waals surface area contributed by atoms with Gasteiger partial charge in [-0.1, -0.05) is 47.2 Å². The molecule has 3 aromatic heterocycles. The van der Waals surface area contributed by atoms with Crippen LogP contribution in [-0.4, -0.2) is 15.9 Å². The molecule has 0 spiro atoms. The van der Waals surface area contributed by atoms with E-state index in [1.54, 1.807) is 23.2 Å². The highest BCUT2D eigenvalue weighted by molar-refractivity contribution is 7.22. The number of carbonyl (C=O) groups excluding carboxylic acids is 1. The largest absolute Gasteiger partial charge is 0.451 e. The summed E-state index contributed by atoms with van der Waals surface area (Å²) >= 11 is 7.52. The number of hydrogen-bond donors (Lipinski definition) is 0. The molecule has 29 heavy (non-hydrogen) atoms. The Bertz CT molecular complexity index is 1300. The number of aromatic nitrogens is 2. The first-order valence-corrected chi connectivity index (χ1v) is 10.1. The lowest BCUT2D eigenvalue weighted by Crippen LogP contribution is -2.30. The van der Waals surface area contributed by atoms with Gasteiger partial charge in [-0.25, -0.2) is 4.98 Å². The van der Waals surface area contributed by atoms with Crippen molar-refractivity contribution in [2.45, 2.75) is 6.54 Å². The van der Waals surface area contributed by atoms with Gasteiger partial charge in [0.1, 0.15) is 5.58 Å². The third kappa shape index (κ3) is 3.48. The summed E-state index contributed by atoms with van der Waals surface area (Å²) in [5.41, 5.74) is 2.22. The minimum atomic E-state index is -0.267. The Balaban J connectivity index is 1.59. The van der Waals surface area contributed by atoms with E-state index in [9.17, 15) is 4.79 Å². The van der Waals surface area contributed by atoms with Gasteiger partial charge in [-0.05, 0) is 42.5 Å². The minimum absolute atomic E-state index is 0.263. The lowest BCUT2D eigenvalue weighted by atomic mass is 10.2. The Hall–Kier alpha value is -3.22. The van der Waals surface area contributed by atoms with Crippen LogP contribution < -0.4 is 4.90 Å². The molecule has 5 rings (SSSR count). The normalized spacial score (nSPS) is 11.2. The maximum Gasteiger partial charge on any atom is 0.296 e. The molecule has 7 heteroatoms. The molecule has 0 atom stereocenters. The van der Waals surface area contributed by atoms with Crippen LogP contribution in [0.3, 0.4) is 0 Å². The van der Waals surface area contributed by atoms with E-state index in [4.69, 9.17) is 16.0 Å². The summed E-state index contributed by atoms with van der Waals surface area (Å²) in [6.45, 7) is 0.282. The number of para-hydroxylation sites is 1. The van der Waals surface area contributed by atoms with Crippen molar-refractivity contribution < 1.29 is 9.21 Å². The van der Waals surface area contributed by atoms with Gasteiger partial charge in [-0.2, -0.15) is 0 Å². The Labute approximate surface area is 175 Å². The van der Waals surface area contributed by atoms with Gasteiger partial charge in [0.15, 0.2) is 10.9 Å². The summed E-state index contributed by atoms with van der Waals surface area (Å²) in [6, 6.07) is 20.4. The molecule has 0 saturated carbocycles. The van der Waals surface area contributed by atoms with Crippen LogP contribution >= 0.6 is 22.9 Å². The number of carbonyl (C=O) groups is 1. The maximum absolute atomic E-state index is 13.4. The van der Waals surface area contributed by atoms with Crippen LogP contribution in [0.1, 0.15) is 16.2 Å². The van der Waals surface area contributed by atoms with Crippen molar-refractivity contribution in [3.8, 4) is 0 Å². The third-order valence-corrected chi connectivity index (χ3v) is 5.77. The van der Waals surface area contributed by atoms with E-state index in [0.717, 1.165) is 21.3 Å². The molecule has 142 valence electrons. The summed E-state index contributed by atoms with van der Waals surface area (Å²) in [5, 5.41) is 2.08. The first-order valence-electron chi connectivity index (χ1n) is 8.94.